The van der Waals surface area contributed by atoms with Crippen LogP contribution in [0.1, 0.15) is 10.5 Å². The van der Waals surface area contributed by atoms with Gasteiger partial charge in [0, 0.05) is 11.6 Å². The second-order valence-corrected chi connectivity index (χ2v) is 4.10. The number of aromatic nitrogens is 2. The molecule has 0 N–H and O–H groups in total. The monoisotopic (exact) mass is 252 g/mol. The van der Waals surface area contributed by atoms with Crippen molar-refractivity contribution in [1.82, 2.24) is 9.55 Å². The molecule has 0 saturated heterocycles. The Bertz CT molecular complexity index is 732. The lowest BCUT2D eigenvalue weighted by molar-refractivity contribution is 0.0959. The fourth-order valence-electron chi connectivity index (χ4n) is 2.09. The second-order valence-electron chi connectivity index (χ2n) is 4.10. The summed E-state index contributed by atoms with van der Waals surface area (Å²) in [6, 6.07) is 12.9. The molecule has 2 aromatic heterocycles. The van der Waals surface area contributed by atoms with E-state index in [4.69, 9.17) is 4.74 Å². The summed E-state index contributed by atoms with van der Waals surface area (Å²) < 4.78 is 6.87. The number of ether oxygens (including phenoxy) is 1. The first-order valence-electron chi connectivity index (χ1n) is 5.91. The van der Waals surface area contributed by atoms with Crippen LogP contribution in [0.3, 0.4) is 0 Å². The summed E-state index contributed by atoms with van der Waals surface area (Å²) in [6.45, 7) is 0. The van der Waals surface area contributed by atoms with E-state index in [0.717, 1.165) is 10.9 Å². The van der Waals surface area contributed by atoms with Crippen LogP contribution >= 0.6 is 0 Å². The second kappa shape index (κ2) is 4.57. The van der Waals surface area contributed by atoms with E-state index in [0.29, 0.717) is 11.4 Å². The third-order valence-corrected chi connectivity index (χ3v) is 3.00. The van der Waals surface area contributed by atoms with Gasteiger partial charge in [-0.15, -0.1) is 0 Å². The molecule has 0 radical (unpaired) electrons. The van der Waals surface area contributed by atoms with Crippen LogP contribution in [0.2, 0.25) is 0 Å². The zero-order valence-corrected chi connectivity index (χ0v) is 10.4. The van der Waals surface area contributed by atoms with Crippen molar-refractivity contribution >= 4 is 16.8 Å². The summed E-state index contributed by atoms with van der Waals surface area (Å²) in [4.78, 5) is 16.5. The van der Waals surface area contributed by atoms with Crippen molar-refractivity contribution in [3.63, 3.8) is 0 Å². The minimum atomic E-state index is -0.167. The lowest BCUT2D eigenvalue weighted by atomic mass is 10.2. The number of carbonyl (C=O) groups is 1. The van der Waals surface area contributed by atoms with Crippen LogP contribution in [0.15, 0.2) is 54.9 Å². The Morgan fingerprint density at radius 2 is 1.95 bits per heavy atom. The van der Waals surface area contributed by atoms with Gasteiger partial charge in [-0.2, -0.15) is 0 Å². The molecule has 4 heteroatoms. The van der Waals surface area contributed by atoms with E-state index in [-0.39, 0.29) is 5.91 Å². The molecule has 0 aliphatic carbocycles. The molecule has 0 saturated carbocycles. The van der Waals surface area contributed by atoms with E-state index in [9.17, 15) is 4.79 Å². The summed E-state index contributed by atoms with van der Waals surface area (Å²) in [5, 5.41) is 0.911. The summed E-state index contributed by atoms with van der Waals surface area (Å²) in [5.41, 5.74) is 1.22. The summed E-state index contributed by atoms with van der Waals surface area (Å²) in [5.74, 6) is 0.514. The van der Waals surface area contributed by atoms with Gasteiger partial charge in [0.05, 0.1) is 18.8 Å². The van der Waals surface area contributed by atoms with Crippen molar-refractivity contribution < 1.29 is 9.53 Å². The summed E-state index contributed by atoms with van der Waals surface area (Å²) in [6.07, 6.45) is 3.30. The average molecular weight is 252 g/mol. The predicted molar refractivity (Wildman–Crippen MR) is 72.5 cm³/mol. The third kappa shape index (κ3) is 1.87. The van der Waals surface area contributed by atoms with E-state index in [1.54, 1.807) is 42.3 Å². The number of rotatable bonds is 2. The van der Waals surface area contributed by atoms with Gasteiger partial charge in [0.25, 0.3) is 5.91 Å². The molecule has 0 aliphatic heterocycles. The molecule has 0 spiro atoms. The number of methoxy groups -OCH3 is 1. The number of nitrogens with zero attached hydrogens (tertiary/aromatic N) is 2. The molecular weight excluding hydrogens is 240 g/mol. The van der Waals surface area contributed by atoms with Gasteiger partial charge in [-0.25, -0.2) is 0 Å². The summed E-state index contributed by atoms with van der Waals surface area (Å²) in [7, 11) is 1.59. The lowest BCUT2D eigenvalue weighted by Gasteiger charge is -2.02. The number of pyridine rings is 1. The van der Waals surface area contributed by atoms with Crippen molar-refractivity contribution in [3.05, 3.63) is 60.6 Å². The topological polar surface area (TPSA) is 44.1 Å². The Morgan fingerprint density at radius 3 is 2.68 bits per heavy atom. The Labute approximate surface area is 110 Å². The number of hydrogen-bond donors (Lipinski definition) is 0. The van der Waals surface area contributed by atoms with E-state index < -0.39 is 0 Å². The molecule has 0 aliphatic rings. The molecule has 0 unspecified atom stereocenters. The maximum atomic E-state index is 12.4. The van der Waals surface area contributed by atoms with Crippen molar-refractivity contribution in [2.75, 3.05) is 7.11 Å². The first kappa shape index (κ1) is 11.5. The van der Waals surface area contributed by atoms with Gasteiger partial charge in [0.15, 0.2) is 0 Å². The van der Waals surface area contributed by atoms with Crippen molar-refractivity contribution in [3.8, 4) is 5.75 Å². The fraction of sp³-hybridized carbons (Fsp3) is 0.0667. The standard InChI is InChI=1S/C15H12N2O2/c1-19-14-10-17(13-8-3-2-6-11(13)14)15(18)12-7-4-5-9-16-12/h2-10H,1H3. The minimum absolute atomic E-state index is 0.167. The van der Waals surface area contributed by atoms with E-state index in [1.165, 1.54) is 0 Å². The Kier molecular flexibility index (Phi) is 2.76. The first-order chi connectivity index (χ1) is 9.31. The molecule has 2 heterocycles. The highest BCUT2D eigenvalue weighted by Crippen LogP contribution is 2.27. The zero-order valence-electron chi connectivity index (χ0n) is 10.4. The van der Waals surface area contributed by atoms with Gasteiger partial charge in [-0.1, -0.05) is 18.2 Å². The molecule has 19 heavy (non-hydrogen) atoms. The minimum Gasteiger partial charge on any atom is -0.494 e. The molecule has 3 rings (SSSR count). The van der Waals surface area contributed by atoms with Crippen LogP contribution in [0.4, 0.5) is 0 Å². The number of hydrogen-bond acceptors (Lipinski definition) is 3. The molecule has 94 valence electrons. The molecule has 1 aromatic carbocycles. The number of fused-ring (bicyclic) bond motifs is 1. The highest BCUT2D eigenvalue weighted by atomic mass is 16.5. The molecule has 4 nitrogen and oxygen atoms in total. The van der Waals surface area contributed by atoms with Crippen molar-refractivity contribution in [1.29, 1.82) is 0 Å². The molecule has 0 bridgehead atoms. The highest BCUT2D eigenvalue weighted by Gasteiger charge is 2.15. The van der Waals surface area contributed by atoms with Crippen LogP contribution in [-0.2, 0) is 0 Å². The largest absolute Gasteiger partial charge is 0.494 e. The van der Waals surface area contributed by atoms with Gasteiger partial charge in [-0.05, 0) is 24.3 Å². The van der Waals surface area contributed by atoms with Crippen molar-refractivity contribution in [2.24, 2.45) is 0 Å². The Morgan fingerprint density at radius 1 is 1.16 bits per heavy atom. The summed E-state index contributed by atoms with van der Waals surface area (Å²) >= 11 is 0. The van der Waals surface area contributed by atoms with E-state index in [1.807, 2.05) is 24.3 Å². The van der Waals surface area contributed by atoms with Crippen LogP contribution < -0.4 is 4.74 Å². The smallest absolute Gasteiger partial charge is 0.281 e. The van der Waals surface area contributed by atoms with Gasteiger partial charge < -0.3 is 4.74 Å². The highest BCUT2D eigenvalue weighted by molar-refractivity contribution is 6.02. The number of benzene rings is 1. The Hall–Kier alpha value is -2.62. The lowest BCUT2D eigenvalue weighted by Crippen LogP contribution is -2.12. The van der Waals surface area contributed by atoms with E-state index >= 15 is 0 Å². The van der Waals surface area contributed by atoms with Gasteiger partial charge in [0.1, 0.15) is 11.4 Å². The average Bonchev–Trinajstić information content (AvgIpc) is 2.86. The molecule has 0 amide bonds. The molecule has 0 atom stereocenters. The van der Waals surface area contributed by atoms with Gasteiger partial charge in [-0.3, -0.25) is 14.3 Å². The molecule has 3 aromatic rings. The number of carbonyl (C=O) groups excluding carboxylic acids is 1. The van der Waals surface area contributed by atoms with Gasteiger partial charge >= 0.3 is 0 Å². The zero-order chi connectivity index (χ0) is 13.2. The van der Waals surface area contributed by atoms with Crippen LogP contribution in [0, 0.1) is 0 Å². The molecule has 0 fully saturated rings. The maximum absolute atomic E-state index is 12.4. The normalized spacial score (nSPS) is 10.6. The Balaban J connectivity index is 2.18. The van der Waals surface area contributed by atoms with E-state index in [2.05, 4.69) is 4.98 Å². The van der Waals surface area contributed by atoms with Crippen LogP contribution in [0.5, 0.6) is 5.75 Å². The first-order valence-corrected chi connectivity index (χ1v) is 5.91. The number of para-hydroxylation sites is 1. The van der Waals surface area contributed by atoms with Crippen LogP contribution in [-0.4, -0.2) is 22.6 Å². The predicted octanol–water partition coefficient (Wildman–Crippen LogP) is 2.73. The third-order valence-electron chi connectivity index (χ3n) is 3.00. The molecular formula is C15H12N2O2. The fourth-order valence-corrected chi connectivity index (χ4v) is 2.09. The quantitative estimate of drug-likeness (QED) is 0.704. The maximum Gasteiger partial charge on any atom is 0.281 e. The van der Waals surface area contributed by atoms with Crippen LogP contribution in [0.25, 0.3) is 10.9 Å². The van der Waals surface area contributed by atoms with Gasteiger partial charge in [0.2, 0.25) is 0 Å². The SMILES string of the molecule is COc1cn(C(=O)c2ccccn2)c2ccccc12. The van der Waals surface area contributed by atoms with Crippen molar-refractivity contribution in [2.45, 2.75) is 0 Å².